The highest BCUT2D eigenvalue weighted by atomic mass is 16.5. The van der Waals surface area contributed by atoms with Crippen LogP contribution in [0.25, 0.3) is 0 Å². The van der Waals surface area contributed by atoms with E-state index in [-0.39, 0.29) is 35.1 Å². The van der Waals surface area contributed by atoms with E-state index in [1.165, 1.54) is 11.1 Å². The van der Waals surface area contributed by atoms with Gasteiger partial charge in [-0.25, -0.2) is 9.59 Å². The molecule has 0 N–H and O–H groups in total. The average molecular weight is 561 g/mol. The average Bonchev–Trinajstić information content (AvgIpc) is 3.49. The Labute approximate surface area is 249 Å². The van der Waals surface area contributed by atoms with Crippen molar-refractivity contribution < 1.29 is 19.1 Å². The van der Waals surface area contributed by atoms with Crippen LogP contribution in [0.3, 0.4) is 0 Å². The molecule has 1 saturated heterocycles. The predicted molar refractivity (Wildman–Crippen MR) is 163 cm³/mol. The smallest absolute Gasteiger partial charge is 0.340 e. The lowest BCUT2D eigenvalue weighted by atomic mass is 9.39. The number of ether oxygens (including phenoxy) is 2. The van der Waals surface area contributed by atoms with Crippen LogP contribution in [0.4, 0.5) is 0 Å². The predicted octanol–water partition coefficient (Wildman–Crippen LogP) is 8.21. The van der Waals surface area contributed by atoms with Crippen molar-refractivity contribution >= 4 is 11.9 Å². The zero-order valence-corrected chi connectivity index (χ0v) is 24.7. The maximum Gasteiger partial charge on any atom is 0.340 e. The lowest BCUT2D eigenvalue weighted by Crippen LogP contribution is -2.58. The standard InChI is InChI=1S/C38H40O4/c1-3-5-16-31-29-18-19-37(24-27-14-10-7-11-15-27)28-17-20-38(34(37)33(29)36(40)41-31)30(23-28)35(39)42-32(38)22-25(4-2)21-26-12-8-6-9-13-26/h6-16,22-23,25,28,34H,3-5,17-21,24H2,1-2H3/t25-,28-,34-,37-,38+/m1/s1. The Morgan fingerprint density at radius 3 is 2.38 bits per heavy atom. The normalized spacial score (nSPS) is 31.9. The molecule has 42 heavy (non-hydrogen) atoms. The fourth-order valence-electron chi connectivity index (χ4n) is 8.92. The first-order valence-electron chi connectivity index (χ1n) is 15.9. The van der Waals surface area contributed by atoms with E-state index in [0.29, 0.717) is 0 Å². The number of fused-ring (bicyclic) bond motifs is 1. The zero-order valence-electron chi connectivity index (χ0n) is 24.7. The van der Waals surface area contributed by atoms with Crippen LogP contribution in [0.5, 0.6) is 0 Å². The summed E-state index contributed by atoms with van der Waals surface area (Å²) in [6, 6.07) is 21.2. The van der Waals surface area contributed by atoms with Crippen molar-refractivity contribution in [1.82, 2.24) is 0 Å². The van der Waals surface area contributed by atoms with Gasteiger partial charge >= 0.3 is 11.9 Å². The van der Waals surface area contributed by atoms with Gasteiger partial charge in [0.25, 0.3) is 0 Å². The van der Waals surface area contributed by atoms with Crippen molar-refractivity contribution in [3.63, 3.8) is 0 Å². The van der Waals surface area contributed by atoms with Crippen LogP contribution >= 0.6 is 0 Å². The third-order valence-electron chi connectivity index (χ3n) is 10.8. The van der Waals surface area contributed by atoms with Crippen LogP contribution in [0, 0.1) is 28.6 Å². The molecule has 0 aromatic heterocycles. The second-order valence-electron chi connectivity index (χ2n) is 12.9. The summed E-state index contributed by atoms with van der Waals surface area (Å²) < 4.78 is 12.3. The summed E-state index contributed by atoms with van der Waals surface area (Å²) in [5, 5.41) is 0. The minimum atomic E-state index is -0.634. The van der Waals surface area contributed by atoms with E-state index in [1.807, 2.05) is 6.07 Å². The summed E-state index contributed by atoms with van der Waals surface area (Å²) in [4.78, 5) is 27.6. The van der Waals surface area contributed by atoms with E-state index < -0.39 is 5.41 Å². The molecule has 2 bridgehead atoms. The summed E-state index contributed by atoms with van der Waals surface area (Å²) in [6.45, 7) is 4.34. The van der Waals surface area contributed by atoms with Crippen LogP contribution in [-0.4, -0.2) is 11.9 Å². The van der Waals surface area contributed by atoms with Crippen LogP contribution < -0.4 is 0 Å². The number of hydrogen-bond acceptors (Lipinski definition) is 4. The highest BCUT2D eigenvalue weighted by Crippen LogP contribution is 2.73. The largest absolute Gasteiger partial charge is 0.427 e. The van der Waals surface area contributed by atoms with Gasteiger partial charge in [0.2, 0.25) is 0 Å². The molecule has 0 amide bonds. The van der Waals surface area contributed by atoms with Crippen LogP contribution in [0.1, 0.15) is 69.9 Å². The molecule has 8 rings (SSSR count). The molecule has 2 aromatic carbocycles. The molecule has 2 fully saturated rings. The molecule has 0 unspecified atom stereocenters. The molecule has 4 nitrogen and oxygen atoms in total. The SMILES string of the molecule is CCCC=C1OC(=O)C2=C1CC[C@@]1(Cc3ccccc3)[C@H]3C=C4C(=O)OC(=C[C@H](CC)Cc5ccccc5)[C@@]4(CC3)[C@H]21. The van der Waals surface area contributed by atoms with Crippen molar-refractivity contribution in [2.45, 2.75) is 71.6 Å². The highest BCUT2D eigenvalue weighted by Gasteiger charge is 2.71. The zero-order chi connectivity index (χ0) is 28.9. The lowest BCUT2D eigenvalue weighted by molar-refractivity contribution is -0.136. The van der Waals surface area contributed by atoms with Gasteiger partial charge in [-0.3, -0.25) is 0 Å². The number of esters is 2. The lowest BCUT2D eigenvalue weighted by Gasteiger charge is -2.61. The van der Waals surface area contributed by atoms with Crippen LogP contribution in [0.15, 0.2) is 107 Å². The molecule has 216 valence electrons. The van der Waals surface area contributed by atoms with Gasteiger partial charge < -0.3 is 9.47 Å². The third kappa shape index (κ3) is 4.09. The van der Waals surface area contributed by atoms with E-state index >= 15 is 0 Å². The van der Waals surface area contributed by atoms with Crippen molar-refractivity contribution in [1.29, 1.82) is 0 Å². The molecule has 2 aromatic rings. The Hall–Kier alpha value is -3.66. The Morgan fingerprint density at radius 1 is 0.929 bits per heavy atom. The molecule has 4 heteroatoms. The van der Waals surface area contributed by atoms with Crippen molar-refractivity contribution in [2.75, 3.05) is 0 Å². The number of hydrogen-bond donors (Lipinski definition) is 0. The molecule has 1 saturated carbocycles. The first-order valence-corrected chi connectivity index (χ1v) is 15.9. The number of cyclic esters (lactones) is 2. The van der Waals surface area contributed by atoms with E-state index in [1.54, 1.807) is 0 Å². The van der Waals surface area contributed by atoms with E-state index in [4.69, 9.17) is 9.47 Å². The molecule has 1 spiro atoms. The van der Waals surface area contributed by atoms with Gasteiger partial charge in [0.1, 0.15) is 11.5 Å². The molecular weight excluding hydrogens is 520 g/mol. The number of carbonyl (C=O) groups is 2. The first kappa shape index (κ1) is 27.2. The van der Waals surface area contributed by atoms with Crippen LogP contribution in [-0.2, 0) is 31.9 Å². The summed E-state index contributed by atoms with van der Waals surface area (Å²) >= 11 is 0. The number of rotatable bonds is 8. The van der Waals surface area contributed by atoms with E-state index in [0.717, 1.165) is 86.0 Å². The van der Waals surface area contributed by atoms with Gasteiger partial charge in [-0.05, 0) is 91.9 Å². The van der Waals surface area contributed by atoms with Gasteiger partial charge in [-0.2, -0.15) is 0 Å². The van der Waals surface area contributed by atoms with E-state index in [2.05, 4.69) is 86.7 Å². The maximum absolute atomic E-state index is 13.9. The van der Waals surface area contributed by atoms with Gasteiger partial charge in [-0.15, -0.1) is 0 Å². The van der Waals surface area contributed by atoms with Gasteiger partial charge in [-0.1, -0.05) is 87.0 Å². The molecule has 5 atom stereocenters. The Balaban J connectivity index is 1.41. The molecule has 0 radical (unpaired) electrons. The second kappa shape index (κ2) is 10.6. The monoisotopic (exact) mass is 560 g/mol. The minimum Gasteiger partial charge on any atom is -0.427 e. The van der Waals surface area contributed by atoms with Gasteiger partial charge in [0, 0.05) is 22.6 Å². The number of unbranched alkanes of at least 4 members (excludes halogenated alkanes) is 1. The topological polar surface area (TPSA) is 52.6 Å². The maximum atomic E-state index is 13.9. The molecule has 2 aliphatic heterocycles. The number of allylic oxidation sites excluding steroid dienone is 5. The van der Waals surface area contributed by atoms with Crippen molar-refractivity contribution in [2.24, 2.45) is 28.6 Å². The van der Waals surface area contributed by atoms with Gasteiger partial charge in [0.15, 0.2) is 0 Å². The highest BCUT2D eigenvalue weighted by molar-refractivity contribution is 6.00. The van der Waals surface area contributed by atoms with Crippen molar-refractivity contribution in [3.8, 4) is 0 Å². The Bertz CT molecular complexity index is 1530. The number of carbonyl (C=O) groups excluding carboxylic acids is 2. The molecule has 6 aliphatic rings. The third-order valence-corrected chi connectivity index (χ3v) is 10.8. The molecule has 2 heterocycles. The van der Waals surface area contributed by atoms with Gasteiger partial charge in [0.05, 0.1) is 5.41 Å². The summed E-state index contributed by atoms with van der Waals surface area (Å²) in [7, 11) is 0. The Kier molecular flexibility index (Phi) is 6.84. The van der Waals surface area contributed by atoms with E-state index in [9.17, 15) is 9.59 Å². The molecule has 4 aliphatic carbocycles. The first-order chi connectivity index (χ1) is 20.5. The fourth-order valence-corrected chi connectivity index (χ4v) is 8.92. The summed E-state index contributed by atoms with van der Waals surface area (Å²) in [5.74, 6) is 1.36. The van der Waals surface area contributed by atoms with Crippen LogP contribution in [0.2, 0.25) is 0 Å². The summed E-state index contributed by atoms with van der Waals surface area (Å²) in [6.07, 6.45) is 14.8. The minimum absolute atomic E-state index is 0.153. The quantitative estimate of drug-likeness (QED) is 0.305. The second-order valence-corrected chi connectivity index (χ2v) is 12.9. The Morgan fingerprint density at radius 2 is 1.67 bits per heavy atom. The fraction of sp³-hybridized carbons (Fsp3) is 0.421. The summed E-state index contributed by atoms with van der Waals surface area (Å²) in [5.41, 5.74) is 4.40. The molecular formula is C38H40O4. The van der Waals surface area contributed by atoms with Crippen molar-refractivity contribution in [3.05, 3.63) is 118 Å². The number of benzene rings is 2.